The van der Waals surface area contributed by atoms with Crippen LogP contribution in [0.15, 0.2) is 18.2 Å². The Morgan fingerprint density at radius 1 is 1.62 bits per heavy atom. The molecule has 13 heavy (non-hydrogen) atoms. The number of benzene rings is 1. The zero-order chi connectivity index (χ0) is 9.84. The molecule has 0 radical (unpaired) electrons. The van der Waals surface area contributed by atoms with Gasteiger partial charge in [-0.05, 0) is 40.8 Å². The number of amides is 1. The molecule has 0 aliphatic carbocycles. The molecule has 0 heterocycles. The highest BCUT2D eigenvalue weighted by atomic mass is 127. The monoisotopic (exact) mass is 292 g/mol. The molecule has 1 aromatic rings. The van der Waals surface area contributed by atoms with E-state index in [0.29, 0.717) is 11.4 Å². The SMILES string of the molecule is COc1ccc(NC(=O)[O-])c(I)c1. The van der Waals surface area contributed by atoms with Gasteiger partial charge in [0.1, 0.15) is 11.8 Å². The number of ether oxygens (including phenoxy) is 1. The average molecular weight is 292 g/mol. The van der Waals surface area contributed by atoms with E-state index in [1.165, 1.54) is 0 Å². The van der Waals surface area contributed by atoms with Crippen molar-refractivity contribution in [3.8, 4) is 5.75 Å². The van der Waals surface area contributed by atoms with Crippen molar-refractivity contribution in [1.82, 2.24) is 0 Å². The van der Waals surface area contributed by atoms with Crippen molar-refractivity contribution < 1.29 is 14.6 Å². The predicted molar refractivity (Wildman–Crippen MR) is 54.7 cm³/mol. The molecule has 0 aliphatic heterocycles. The fraction of sp³-hybridized carbons (Fsp3) is 0.125. The summed E-state index contributed by atoms with van der Waals surface area (Å²) in [6.45, 7) is 0. The molecule has 1 N–H and O–H groups in total. The first kappa shape index (κ1) is 10.1. The number of carboxylic acid groups (broad SMARTS) is 1. The van der Waals surface area contributed by atoms with Crippen LogP contribution in [0.25, 0.3) is 0 Å². The highest BCUT2D eigenvalue weighted by Crippen LogP contribution is 2.23. The number of carbonyl (C=O) groups excluding carboxylic acids is 1. The Morgan fingerprint density at radius 2 is 2.31 bits per heavy atom. The largest absolute Gasteiger partial charge is 0.530 e. The van der Waals surface area contributed by atoms with Crippen LogP contribution in [-0.4, -0.2) is 13.2 Å². The number of rotatable bonds is 2. The Kier molecular flexibility index (Phi) is 3.35. The molecule has 70 valence electrons. The van der Waals surface area contributed by atoms with Crippen LogP contribution < -0.4 is 15.2 Å². The molecule has 0 saturated carbocycles. The highest BCUT2D eigenvalue weighted by molar-refractivity contribution is 14.1. The highest BCUT2D eigenvalue weighted by Gasteiger charge is 2.00. The number of nitrogens with one attached hydrogen (secondary N) is 1. The fourth-order valence-corrected chi connectivity index (χ4v) is 1.46. The van der Waals surface area contributed by atoms with Gasteiger partial charge in [0.05, 0.1) is 12.8 Å². The molecule has 0 atom stereocenters. The molecule has 1 rings (SSSR count). The second-order valence-corrected chi connectivity index (χ2v) is 3.42. The minimum atomic E-state index is -1.32. The second kappa shape index (κ2) is 4.31. The van der Waals surface area contributed by atoms with E-state index in [4.69, 9.17) is 4.74 Å². The molecule has 1 amide bonds. The van der Waals surface area contributed by atoms with Gasteiger partial charge in [0.15, 0.2) is 0 Å². The molecular weight excluding hydrogens is 285 g/mol. The van der Waals surface area contributed by atoms with Crippen LogP contribution in [0.3, 0.4) is 0 Å². The van der Waals surface area contributed by atoms with Crippen LogP contribution in [0.5, 0.6) is 5.75 Å². The summed E-state index contributed by atoms with van der Waals surface area (Å²) in [6, 6.07) is 5.02. The number of carbonyl (C=O) groups is 1. The molecular formula is C8H7INO3-. The molecule has 4 nitrogen and oxygen atoms in total. The Morgan fingerprint density at radius 3 is 2.77 bits per heavy atom. The third-order valence-corrected chi connectivity index (χ3v) is 2.31. The van der Waals surface area contributed by atoms with Crippen molar-refractivity contribution in [2.75, 3.05) is 12.4 Å². The summed E-state index contributed by atoms with van der Waals surface area (Å²) >= 11 is 2.01. The summed E-state index contributed by atoms with van der Waals surface area (Å²) < 4.78 is 5.72. The summed E-state index contributed by atoms with van der Waals surface area (Å²) in [5.74, 6) is 0.688. The van der Waals surface area contributed by atoms with Gasteiger partial charge in [-0.3, -0.25) is 0 Å². The molecule has 0 saturated heterocycles. The summed E-state index contributed by atoms with van der Waals surface area (Å²) in [5, 5.41) is 12.4. The molecule has 0 spiro atoms. The van der Waals surface area contributed by atoms with E-state index in [2.05, 4.69) is 5.32 Å². The van der Waals surface area contributed by atoms with Crippen LogP contribution >= 0.6 is 22.6 Å². The fourth-order valence-electron chi connectivity index (χ4n) is 0.834. The van der Waals surface area contributed by atoms with E-state index in [1.807, 2.05) is 22.6 Å². The van der Waals surface area contributed by atoms with Gasteiger partial charge in [0.25, 0.3) is 0 Å². The quantitative estimate of drug-likeness (QED) is 0.829. The standard InChI is InChI=1S/C8H8INO3/c1-13-5-2-3-7(6(9)4-5)10-8(11)12/h2-4,10H,1H3,(H,11,12)/p-1. The Hall–Kier alpha value is -0.980. The van der Waals surface area contributed by atoms with Crippen molar-refractivity contribution in [2.24, 2.45) is 0 Å². The normalized spacial score (nSPS) is 9.38. The minimum absolute atomic E-state index is 0.501. The van der Waals surface area contributed by atoms with E-state index >= 15 is 0 Å². The lowest BCUT2D eigenvalue weighted by atomic mass is 10.3. The minimum Gasteiger partial charge on any atom is -0.530 e. The van der Waals surface area contributed by atoms with Crippen LogP contribution in [-0.2, 0) is 0 Å². The Balaban J connectivity index is 2.91. The van der Waals surface area contributed by atoms with Crippen molar-refractivity contribution in [3.05, 3.63) is 21.8 Å². The number of hydrogen-bond donors (Lipinski definition) is 1. The molecule has 0 aromatic heterocycles. The molecule has 5 heteroatoms. The molecule has 0 aliphatic rings. The molecule has 0 unspecified atom stereocenters. The average Bonchev–Trinajstić information content (AvgIpc) is 2.08. The lowest BCUT2D eigenvalue weighted by molar-refractivity contribution is -0.242. The molecule has 0 fully saturated rings. The molecule has 1 aromatic carbocycles. The van der Waals surface area contributed by atoms with Crippen molar-refractivity contribution in [2.45, 2.75) is 0 Å². The number of anilines is 1. The number of hydrogen-bond acceptors (Lipinski definition) is 3. The van der Waals surface area contributed by atoms with Gasteiger partial charge < -0.3 is 20.0 Å². The zero-order valence-corrected chi connectivity index (χ0v) is 8.99. The maximum atomic E-state index is 10.2. The van der Waals surface area contributed by atoms with Crippen molar-refractivity contribution in [1.29, 1.82) is 0 Å². The van der Waals surface area contributed by atoms with Crippen LogP contribution in [0, 0.1) is 3.57 Å². The van der Waals surface area contributed by atoms with E-state index < -0.39 is 6.09 Å². The summed E-state index contributed by atoms with van der Waals surface area (Å²) in [5.41, 5.74) is 0.501. The maximum Gasteiger partial charge on any atom is 0.138 e. The van der Waals surface area contributed by atoms with E-state index in [0.717, 1.165) is 3.57 Å². The Bertz CT molecular complexity index is 327. The first-order valence-corrected chi connectivity index (χ1v) is 4.53. The van der Waals surface area contributed by atoms with Gasteiger partial charge >= 0.3 is 0 Å². The smallest absolute Gasteiger partial charge is 0.138 e. The predicted octanol–water partition coefficient (Wildman–Crippen LogP) is 1.05. The van der Waals surface area contributed by atoms with Crippen molar-refractivity contribution >= 4 is 34.4 Å². The Labute approximate surface area is 89.0 Å². The lowest BCUT2D eigenvalue weighted by Gasteiger charge is -2.09. The first-order valence-electron chi connectivity index (χ1n) is 3.45. The van der Waals surface area contributed by atoms with E-state index in [-0.39, 0.29) is 0 Å². The lowest BCUT2D eigenvalue weighted by Crippen LogP contribution is -2.29. The van der Waals surface area contributed by atoms with Gasteiger partial charge in [-0.2, -0.15) is 0 Å². The number of halogens is 1. The van der Waals surface area contributed by atoms with Gasteiger partial charge in [0, 0.05) is 3.57 Å². The topological polar surface area (TPSA) is 61.4 Å². The van der Waals surface area contributed by atoms with Crippen LogP contribution in [0.1, 0.15) is 0 Å². The zero-order valence-electron chi connectivity index (χ0n) is 6.83. The molecule has 0 bridgehead atoms. The number of methoxy groups -OCH3 is 1. The van der Waals surface area contributed by atoms with E-state index in [1.54, 1.807) is 25.3 Å². The van der Waals surface area contributed by atoms with Gasteiger partial charge in [-0.1, -0.05) is 0 Å². The van der Waals surface area contributed by atoms with Crippen LogP contribution in [0.4, 0.5) is 10.5 Å². The summed E-state index contributed by atoms with van der Waals surface area (Å²) in [7, 11) is 1.55. The van der Waals surface area contributed by atoms with Gasteiger partial charge in [0.2, 0.25) is 0 Å². The van der Waals surface area contributed by atoms with Crippen LogP contribution in [0.2, 0.25) is 0 Å². The third kappa shape index (κ3) is 2.76. The maximum absolute atomic E-state index is 10.2. The first-order chi connectivity index (χ1) is 6.13. The third-order valence-electron chi connectivity index (χ3n) is 1.41. The summed E-state index contributed by atoms with van der Waals surface area (Å²) in [6.07, 6.45) is -1.32. The van der Waals surface area contributed by atoms with E-state index in [9.17, 15) is 9.90 Å². The second-order valence-electron chi connectivity index (χ2n) is 2.26. The van der Waals surface area contributed by atoms with Gasteiger partial charge in [-0.15, -0.1) is 0 Å². The van der Waals surface area contributed by atoms with Crippen molar-refractivity contribution in [3.63, 3.8) is 0 Å². The van der Waals surface area contributed by atoms with Gasteiger partial charge in [-0.25, -0.2) is 0 Å². The summed E-state index contributed by atoms with van der Waals surface area (Å²) in [4.78, 5) is 10.2.